The molecule has 110 valence electrons. The van der Waals surface area contributed by atoms with Crippen molar-refractivity contribution in [3.05, 3.63) is 0 Å². The molecule has 2 fully saturated rings. The summed E-state index contributed by atoms with van der Waals surface area (Å²) in [5.74, 6) is -0.350. The zero-order valence-corrected chi connectivity index (χ0v) is 12.6. The molecule has 1 aliphatic carbocycles. The summed E-state index contributed by atoms with van der Waals surface area (Å²) in [6.45, 7) is 3.04. The molecule has 1 aliphatic heterocycles. The summed E-state index contributed by atoms with van der Waals surface area (Å²) in [7, 11) is -0.383. The Balaban J connectivity index is 2.21. The van der Waals surface area contributed by atoms with Gasteiger partial charge in [-0.1, -0.05) is 0 Å². The standard InChI is InChI=1S/C12H23N3O3S/c1-9(12(16)14(2)3)19(17,18)15(10-4-5-10)11-6-7-13-8-11/h9-11,13H,4-8H2,1-3H3. The number of carbonyl (C=O) groups excluding carboxylic acids is 1. The van der Waals surface area contributed by atoms with E-state index in [0.29, 0.717) is 6.54 Å². The van der Waals surface area contributed by atoms with Crippen LogP contribution in [0.2, 0.25) is 0 Å². The van der Waals surface area contributed by atoms with Crippen molar-refractivity contribution in [2.45, 2.75) is 43.5 Å². The molecule has 0 aromatic rings. The molecule has 0 aromatic heterocycles. The number of hydrogen-bond donors (Lipinski definition) is 1. The van der Waals surface area contributed by atoms with Crippen LogP contribution in [0.4, 0.5) is 0 Å². The minimum atomic E-state index is -3.56. The molecule has 6 nitrogen and oxygen atoms in total. The Morgan fingerprint density at radius 3 is 2.26 bits per heavy atom. The van der Waals surface area contributed by atoms with Crippen LogP contribution in [-0.4, -0.2) is 68.0 Å². The maximum Gasteiger partial charge on any atom is 0.241 e. The van der Waals surface area contributed by atoms with Crippen LogP contribution in [0.1, 0.15) is 26.2 Å². The lowest BCUT2D eigenvalue weighted by Gasteiger charge is -2.30. The molecule has 0 radical (unpaired) electrons. The highest BCUT2D eigenvalue weighted by Crippen LogP contribution is 2.34. The monoisotopic (exact) mass is 289 g/mol. The average molecular weight is 289 g/mol. The molecule has 1 saturated heterocycles. The van der Waals surface area contributed by atoms with Gasteiger partial charge >= 0.3 is 0 Å². The second kappa shape index (κ2) is 5.38. The number of nitrogens with zero attached hydrogens (tertiary/aromatic N) is 2. The van der Waals surface area contributed by atoms with Gasteiger partial charge in [0.1, 0.15) is 0 Å². The van der Waals surface area contributed by atoms with Crippen LogP contribution in [-0.2, 0) is 14.8 Å². The lowest BCUT2D eigenvalue weighted by atomic mass is 10.2. The van der Waals surface area contributed by atoms with Crippen LogP contribution in [0, 0.1) is 0 Å². The quantitative estimate of drug-likeness (QED) is 0.749. The van der Waals surface area contributed by atoms with Gasteiger partial charge in [-0.3, -0.25) is 4.79 Å². The summed E-state index contributed by atoms with van der Waals surface area (Å²) in [5.41, 5.74) is 0. The normalized spacial score (nSPS) is 25.6. The number of carbonyl (C=O) groups is 1. The summed E-state index contributed by atoms with van der Waals surface area (Å²) in [6.07, 6.45) is 2.66. The van der Waals surface area contributed by atoms with Crippen molar-refractivity contribution in [1.29, 1.82) is 0 Å². The van der Waals surface area contributed by atoms with Gasteiger partial charge in [-0.25, -0.2) is 8.42 Å². The fourth-order valence-corrected chi connectivity index (χ4v) is 4.63. The van der Waals surface area contributed by atoms with Crippen molar-refractivity contribution in [2.24, 2.45) is 0 Å². The topological polar surface area (TPSA) is 69.7 Å². The lowest BCUT2D eigenvalue weighted by molar-refractivity contribution is -0.128. The van der Waals surface area contributed by atoms with Gasteiger partial charge in [-0.05, 0) is 32.7 Å². The SMILES string of the molecule is CC(C(=O)N(C)C)S(=O)(=O)N(C1CC1)C1CCNC1. The molecule has 1 saturated carbocycles. The third kappa shape index (κ3) is 2.93. The maximum atomic E-state index is 12.7. The van der Waals surface area contributed by atoms with Gasteiger partial charge in [0.25, 0.3) is 0 Å². The number of rotatable bonds is 5. The Bertz CT molecular complexity index is 439. The number of hydrogen-bond acceptors (Lipinski definition) is 4. The van der Waals surface area contributed by atoms with E-state index in [1.165, 1.54) is 11.8 Å². The molecule has 2 rings (SSSR count). The van der Waals surface area contributed by atoms with Crippen molar-refractivity contribution in [3.63, 3.8) is 0 Å². The largest absolute Gasteiger partial charge is 0.348 e. The van der Waals surface area contributed by atoms with E-state index in [1.807, 2.05) is 0 Å². The molecule has 2 unspecified atom stereocenters. The molecule has 1 amide bonds. The predicted molar refractivity (Wildman–Crippen MR) is 73.2 cm³/mol. The molecule has 2 atom stereocenters. The fourth-order valence-electron chi connectivity index (χ4n) is 2.57. The van der Waals surface area contributed by atoms with Crippen LogP contribution in [0.5, 0.6) is 0 Å². The van der Waals surface area contributed by atoms with E-state index in [2.05, 4.69) is 5.32 Å². The molecule has 19 heavy (non-hydrogen) atoms. The van der Waals surface area contributed by atoms with Crippen LogP contribution >= 0.6 is 0 Å². The fraction of sp³-hybridized carbons (Fsp3) is 0.917. The molecule has 0 spiro atoms. The molecule has 1 heterocycles. The van der Waals surface area contributed by atoms with Crippen LogP contribution in [0.25, 0.3) is 0 Å². The van der Waals surface area contributed by atoms with Gasteiger partial charge in [0.05, 0.1) is 0 Å². The number of sulfonamides is 1. The van der Waals surface area contributed by atoms with E-state index in [-0.39, 0.29) is 18.0 Å². The molecular weight excluding hydrogens is 266 g/mol. The van der Waals surface area contributed by atoms with Gasteiger partial charge in [0.2, 0.25) is 15.9 Å². The molecule has 7 heteroatoms. The molecule has 2 aliphatic rings. The number of amides is 1. The van der Waals surface area contributed by atoms with Crippen LogP contribution in [0.15, 0.2) is 0 Å². The van der Waals surface area contributed by atoms with Crippen molar-refractivity contribution in [2.75, 3.05) is 27.2 Å². The number of nitrogens with one attached hydrogen (secondary N) is 1. The molecular formula is C12H23N3O3S. The maximum absolute atomic E-state index is 12.7. The van der Waals surface area contributed by atoms with Crippen molar-refractivity contribution < 1.29 is 13.2 Å². The van der Waals surface area contributed by atoms with Crippen LogP contribution in [0.3, 0.4) is 0 Å². The van der Waals surface area contributed by atoms with E-state index in [0.717, 1.165) is 25.8 Å². The van der Waals surface area contributed by atoms with Gasteiger partial charge in [0.15, 0.2) is 5.25 Å². The Labute approximate surface area is 115 Å². The average Bonchev–Trinajstić information content (AvgIpc) is 3.01. The summed E-state index contributed by atoms with van der Waals surface area (Å²) in [5, 5.41) is 2.20. The van der Waals surface area contributed by atoms with E-state index < -0.39 is 15.3 Å². The van der Waals surface area contributed by atoms with Crippen molar-refractivity contribution >= 4 is 15.9 Å². The highest BCUT2D eigenvalue weighted by molar-refractivity contribution is 7.90. The smallest absolute Gasteiger partial charge is 0.241 e. The first-order valence-corrected chi connectivity index (χ1v) is 8.30. The second-order valence-electron chi connectivity index (χ2n) is 5.63. The van der Waals surface area contributed by atoms with Gasteiger partial charge < -0.3 is 10.2 Å². The highest BCUT2D eigenvalue weighted by atomic mass is 32.2. The summed E-state index contributed by atoms with van der Waals surface area (Å²) in [6, 6.07) is 0.113. The minimum Gasteiger partial charge on any atom is -0.348 e. The first kappa shape index (κ1) is 14.7. The zero-order chi connectivity index (χ0) is 14.2. The summed E-state index contributed by atoms with van der Waals surface area (Å²) >= 11 is 0. The minimum absolute atomic E-state index is 0.00918. The first-order valence-electron chi connectivity index (χ1n) is 6.80. The van der Waals surface area contributed by atoms with E-state index >= 15 is 0 Å². The third-order valence-electron chi connectivity index (χ3n) is 3.83. The van der Waals surface area contributed by atoms with Crippen molar-refractivity contribution in [3.8, 4) is 0 Å². The molecule has 0 bridgehead atoms. The Hall–Kier alpha value is -0.660. The third-order valence-corrected chi connectivity index (χ3v) is 6.11. The summed E-state index contributed by atoms with van der Waals surface area (Å²) in [4.78, 5) is 13.3. The first-order chi connectivity index (χ1) is 8.85. The highest BCUT2D eigenvalue weighted by Gasteiger charge is 2.46. The Morgan fingerprint density at radius 2 is 1.84 bits per heavy atom. The Kier molecular flexibility index (Phi) is 4.17. The van der Waals surface area contributed by atoms with Crippen LogP contribution < -0.4 is 5.32 Å². The summed E-state index contributed by atoms with van der Waals surface area (Å²) < 4.78 is 27.0. The molecule has 0 aromatic carbocycles. The Morgan fingerprint density at radius 1 is 1.21 bits per heavy atom. The van der Waals surface area contributed by atoms with Gasteiger partial charge in [0, 0.05) is 32.7 Å². The van der Waals surface area contributed by atoms with Gasteiger partial charge in [-0.15, -0.1) is 0 Å². The lowest BCUT2D eigenvalue weighted by Crippen LogP contribution is -2.50. The zero-order valence-electron chi connectivity index (χ0n) is 11.8. The van der Waals surface area contributed by atoms with Crippen molar-refractivity contribution in [1.82, 2.24) is 14.5 Å². The van der Waals surface area contributed by atoms with E-state index in [4.69, 9.17) is 0 Å². The second-order valence-corrected chi connectivity index (χ2v) is 7.79. The van der Waals surface area contributed by atoms with E-state index in [1.54, 1.807) is 18.4 Å². The predicted octanol–water partition coefficient (Wildman–Crippen LogP) is -0.381. The molecule has 1 N–H and O–H groups in total. The van der Waals surface area contributed by atoms with E-state index in [9.17, 15) is 13.2 Å². The van der Waals surface area contributed by atoms with Gasteiger partial charge in [-0.2, -0.15) is 4.31 Å².